The molecule has 0 aliphatic carbocycles. The second kappa shape index (κ2) is 8.43. The highest BCUT2D eigenvalue weighted by Crippen LogP contribution is 2.34. The first-order valence-corrected chi connectivity index (χ1v) is 10.8. The monoisotopic (exact) mass is 434 g/mol. The van der Waals surface area contributed by atoms with Crippen LogP contribution in [0.4, 0.5) is 4.79 Å². The summed E-state index contributed by atoms with van der Waals surface area (Å²) in [6.45, 7) is 5.50. The molecular formula is C24H22N2O4S. The van der Waals surface area contributed by atoms with E-state index >= 15 is 0 Å². The zero-order valence-corrected chi connectivity index (χ0v) is 18.4. The van der Waals surface area contributed by atoms with Crippen molar-refractivity contribution in [2.75, 3.05) is 13.2 Å². The fourth-order valence-electron chi connectivity index (χ4n) is 3.76. The molecule has 1 fully saturated rings. The Morgan fingerprint density at radius 1 is 1.06 bits per heavy atom. The fraction of sp³-hybridized carbons (Fsp3) is 0.208. The highest BCUT2D eigenvalue weighted by molar-refractivity contribution is 8.18. The van der Waals surface area contributed by atoms with Crippen molar-refractivity contribution >= 4 is 45.7 Å². The van der Waals surface area contributed by atoms with Crippen LogP contribution >= 0.6 is 11.8 Å². The van der Waals surface area contributed by atoms with E-state index in [-0.39, 0.29) is 13.2 Å². The van der Waals surface area contributed by atoms with Gasteiger partial charge in [-0.05, 0) is 73.1 Å². The molecule has 2 amide bonds. The van der Waals surface area contributed by atoms with Gasteiger partial charge < -0.3 is 9.30 Å². The van der Waals surface area contributed by atoms with Gasteiger partial charge in [-0.1, -0.05) is 30.3 Å². The molecule has 0 atom stereocenters. The second-order valence-electron chi connectivity index (χ2n) is 7.27. The number of amides is 2. The van der Waals surface area contributed by atoms with Gasteiger partial charge in [0.1, 0.15) is 6.54 Å². The lowest BCUT2D eigenvalue weighted by molar-refractivity contribution is -0.145. The summed E-state index contributed by atoms with van der Waals surface area (Å²) in [5.74, 6) is -1.07. The Hall–Kier alpha value is -3.32. The van der Waals surface area contributed by atoms with Crippen LogP contribution in [0.2, 0.25) is 0 Å². The van der Waals surface area contributed by atoms with Gasteiger partial charge in [0.2, 0.25) is 0 Å². The molecule has 0 spiro atoms. The minimum atomic E-state index is -0.597. The molecule has 31 heavy (non-hydrogen) atoms. The van der Waals surface area contributed by atoms with E-state index in [1.54, 1.807) is 13.0 Å². The SMILES string of the molecule is CCOC(=O)CN1C(=O)S/C(=C/c2cc(C)n(-c3ccc4ccccc4c3)c2C)C1=O. The van der Waals surface area contributed by atoms with E-state index in [0.29, 0.717) is 4.91 Å². The Bertz CT molecular complexity index is 1240. The van der Waals surface area contributed by atoms with Crippen LogP contribution in [0.15, 0.2) is 53.4 Å². The van der Waals surface area contributed by atoms with Gasteiger partial charge in [0, 0.05) is 17.1 Å². The summed E-state index contributed by atoms with van der Waals surface area (Å²) < 4.78 is 6.98. The molecule has 0 unspecified atom stereocenters. The molecule has 7 heteroatoms. The summed E-state index contributed by atoms with van der Waals surface area (Å²) in [5, 5.41) is 1.85. The average molecular weight is 435 g/mol. The quantitative estimate of drug-likeness (QED) is 0.424. The largest absolute Gasteiger partial charge is 0.465 e. The summed E-state index contributed by atoms with van der Waals surface area (Å²) in [6, 6.07) is 16.5. The average Bonchev–Trinajstić information content (AvgIpc) is 3.17. The standard InChI is InChI=1S/C24H22N2O4S/c1-4-30-22(27)14-25-23(28)21(31-24(25)29)13-19-11-15(2)26(16(19)3)20-10-9-17-7-5-6-8-18(17)12-20/h5-13H,4,14H2,1-3H3/b21-13+. The Morgan fingerprint density at radius 2 is 1.81 bits per heavy atom. The summed E-state index contributed by atoms with van der Waals surface area (Å²) in [5.41, 5.74) is 3.87. The number of ether oxygens (including phenoxy) is 1. The third-order valence-corrected chi connectivity index (χ3v) is 6.12. The normalized spacial score (nSPS) is 15.3. The number of nitrogens with zero attached hydrogens (tertiary/aromatic N) is 2. The molecule has 158 valence electrons. The molecule has 3 aromatic rings. The van der Waals surface area contributed by atoms with E-state index in [4.69, 9.17) is 4.74 Å². The van der Waals surface area contributed by atoms with Crippen molar-refractivity contribution in [1.29, 1.82) is 0 Å². The predicted octanol–water partition coefficient (Wildman–Crippen LogP) is 4.85. The number of imide groups is 1. The number of carbonyl (C=O) groups is 3. The Labute approximate surface area is 184 Å². The van der Waals surface area contributed by atoms with Gasteiger partial charge in [-0.3, -0.25) is 19.3 Å². The van der Waals surface area contributed by atoms with E-state index in [9.17, 15) is 14.4 Å². The van der Waals surface area contributed by atoms with Gasteiger partial charge in [0.25, 0.3) is 11.1 Å². The number of carbonyl (C=O) groups excluding carboxylic acids is 3. The van der Waals surface area contributed by atoms with E-state index < -0.39 is 17.1 Å². The van der Waals surface area contributed by atoms with Crippen molar-refractivity contribution in [3.63, 3.8) is 0 Å². The van der Waals surface area contributed by atoms with Crippen LogP contribution in [-0.4, -0.2) is 39.7 Å². The van der Waals surface area contributed by atoms with Gasteiger partial charge in [-0.2, -0.15) is 0 Å². The molecule has 6 nitrogen and oxygen atoms in total. The number of benzene rings is 2. The first-order valence-electron chi connectivity index (χ1n) is 9.98. The van der Waals surface area contributed by atoms with E-state index in [0.717, 1.165) is 44.7 Å². The Morgan fingerprint density at radius 3 is 2.55 bits per heavy atom. The number of thioether (sulfide) groups is 1. The highest BCUT2D eigenvalue weighted by Gasteiger charge is 2.36. The van der Waals surface area contributed by atoms with Crippen LogP contribution in [0.5, 0.6) is 0 Å². The lowest BCUT2D eigenvalue weighted by atomic mass is 10.1. The maximum atomic E-state index is 12.7. The van der Waals surface area contributed by atoms with Crippen LogP contribution in [0.25, 0.3) is 22.5 Å². The first-order chi connectivity index (χ1) is 14.9. The number of rotatable bonds is 5. The molecule has 4 rings (SSSR count). The zero-order valence-electron chi connectivity index (χ0n) is 17.5. The highest BCUT2D eigenvalue weighted by atomic mass is 32.2. The fourth-order valence-corrected chi connectivity index (χ4v) is 4.59. The number of fused-ring (bicyclic) bond motifs is 1. The number of hydrogen-bond acceptors (Lipinski definition) is 5. The van der Waals surface area contributed by atoms with Gasteiger partial charge in [-0.15, -0.1) is 0 Å². The maximum Gasteiger partial charge on any atom is 0.326 e. The molecule has 0 N–H and O–H groups in total. The molecule has 2 heterocycles. The first kappa shape index (κ1) is 20.9. The summed E-state index contributed by atoms with van der Waals surface area (Å²) in [4.78, 5) is 37.9. The van der Waals surface area contributed by atoms with Crippen LogP contribution in [0.3, 0.4) is 0 Å². The maximum absolute atomic E-state index is 12.7. The van der Waals surface area contributed by atoms with Crippen molar-refractivity contribution < 1.29 is 19.1 Å². The minimum Gasteiger partial charge on any atom is -0.465 e. The second-order valence-corrected chi connectivity index (χ2v) is 8.26. The zero-order chi connectivity index (χ0) is 22.1. The van der Waals surface area contributed by atoms with Crippen LogP contribution < -0.4 is 0 Å². The molecule has 0 radical (unpaired) electrons. The van der Waals surface area contributed by atoms with Crippen molar-refractivity contribution in [1.82, 2.24) is 9.47 Å². The minimum absolute atomic E-state index is 0.200. The molecule has 1 aromatic heterocycles. The molecule has 0 bridgehead atoms. The molecule has 2 aromatic carbocycles. The lowest BCUT2D eigenvalue weighted by Crippen LogP contribution is -2.34. The Kier molecular flexibility index (Phi) is 5.69. The van der Waals surface area contributed by atoms with Crippen molar-refractivity contribution in [3.05, 3.63) is 70.4 Å². The lowest BCUT2D eigenvalue weighted by Gasteiger charge is -2.11. The van der Waals surface area contributed by atoms with E-state index in [2.05, 4.69) is 34.9 Å². The third kappa shape index (κ3) is 4.01. The summed E-state index contributed by atoms with van der Waals surface area (Å²) in [7, 11) is 0. The molecule has 1 aliphatic rings. The topological polar surface area (TPSA) is 68.6 Å². The van der Waals surface area contributed by atoms with Gasteiger partial charge in [0.15, 0.2) is 0 Å². The van der Waals surface area contributed by atoms with Crippen LogP contribution in [0, 0.1) is 13.8 Å². The van der Waals surface area contributed by atoms with E-state index in [1.165, 1.54) is 5.39 Å². The van der Waals surface area contributed by atoms with Crippen molar-refractivity contribution in [2.24, 2.45) is 0 Å². The molecule has 1 aliphatic heterocycles. The smallest absolute Gasteiger partial charge is 0.326 e. The number of aryl methyl sites for hydroxylation is 1. The van der Waals surface area contributed by atoms with E-state index in [1.807, 2.05) is 32.0 Å². The van der Waals surface area contributed by atoms with Gasteiger partial charge in [-0.25, -0.2) is 0 Å². The third-order valence-electron chi connectivity index (χ3n) is 5.21. The van der Waals surface area contributed by atoms with Crippen molar-refractivity contribution in [3.8, 4) is 5.69 Å². The van der Waals surface area contributed by atoms with Gasteiger partial charge in [0.05, 0.1) is 11.5 Å². The van der Waals surface area contributed by atoms with Crippen molar-refractivity contribution in [2.45, 2.75) is 20.8 Å². The summed E-state index contributed by atoms with van der Waals surface area (Å²) in [6.07, 6.45) is 1.72. The number of hydrogen-bond donors (Lipinski definition) is 0. The number of aromatic nitrogens is 1. The molecule has 0 saturated carbocycles. The van der Waals surface area contributed by atoms with Gasteiger partial charge >= 0.3 is 5.97 Å². The molecule has 1 saturated heterocycles. The van der Waals surface area contributed by atoms with Crippen LogP contribution in [0.1, 0.15) is 23.9 Å². The summed E-state index contributed by atoms with van der Waals surface area (Å²) >= 11 is 0.840. The Balaban J connectivity index is 1.65. The van der Waals surface area contributed by atoms with Crippen LogP contribution in [-0.2, 0) is 14.3 Å². The molecular weight excluding hydrogens is 412 g/mol. The number of esters is 1. The predicted molar refractivity (Wildman–Crippen MR) is 122 cm³/mol.